The maximum absolute atomic E-state index is 13.5. The molecular formula is C25H23F2N3O6S. The average molecular weight is 532 g/mol. The minimum absolute atomic E-state index is 0.0199. The summed E-state index contributed by atoms with van der Waals surface area (Å²) in [4.78, 5) is 19.2. The minimum atomic E-state index is -3.79. The van der Waals surface area contributed by atoms with E-state index in [1.807, 2.05) is 0 Å². The summed E-state index contributed by atoms with van der Waals surface area (Å²) in [7, 11) is -0.878. The number of carbonyl (C=O) groups is 1. The Morgan fingerprint density at radius 2 is 1.62 bits per heavy atom. The summed E-state index contributed by atoms with van der Waals surface area (Å²) in [5.74, 6) is -0.145. The van der Waals surface area contributed by atoms with Gasteiger partial charge in [-0.3, -0.25) is 9.69 Å². The summed E-state index contributed by atoms with van der Waals surface area (Å²) in [5.41, 5.74) is 6.40. The lowest BCUT2D eigenvalue weighted by atomic mass is 9.81. The van der Waals surface area contributed by atoms with Crippen LogP contribution in [0.5, 0.6) is 17.2 Å². The van der Waals surface area contributed by atoms with Crippen LogP contribution < -0.4 is 19.4 Å². The molecule has 4 rings (SSSR count). The topological polar surface area (TPSA) is 121 Å². The fourth-order valence-corrected chi connectivity index (χ4v) is 4.51. The van der Waals surface area contributed by atoms with E-state index in [1.54, 1.807) is 30.3 Å². The van der Waals surface area contributed by atoms with Crippen molar-refractivity contribution >= 4 is 22.0 Å². The fourth-order valence-electron chi connectivity index (χ4n) is 4.06. The number of guanidine groups is 1. The zero-order valence-corrected chi connectivity index (χ0v) is 20.8. The first kappa shape index (κ1) is 25.9. The van der Waals surface area contributed by atoms with Crippen LogP contribution in [0, 0.1) is 0 Å². The number of hydrogen-bond donors (Lipinski definition) is 1. The molecule has 9 nitrogen and oxygen atoms in total. The van der Waals surface area contributed by atoms with Gasteiger partial charge in [0.1, 0.15) is 17.2 Å². The maximum Gasteiger partial charge on any atom is 0.387 e. The number of aliphatic imine (C=N–C) groups is 1. The highest BCUT2D eigenvalue weighted by Crippen LogP contribution is 2.41. The second kappa shape index (κ2) is 9.69. The first-order chi connectivity index (χ1) is 17.4. The Morgan fingerprint density at radius 1 is 0.946 bits per heavy atom. The van der Waals surface area contributed by atoms with Gasteiger partial charge in [-0.25, -0.2) is 4.99 Å². The molecule has 0 spiro atoms. The zero-order valence-electron chi connectivity index (χ0n) is 20.0. The van der Waals surface area contributed by atoms with Crippen molar-refractivity contribution < 1.29 is 35.6 Å². The van der Waals surface area contributed by atoms with E-state index in [-0.39, 0.29) is 17.5 Å². The minimum Gasteiger partial charge on any atom is -0.497 e. The van der Waals surface area contributed by atoms with Gasteiger partial charge in [0, 0.05) is 13.1 Å². The second-order valence-corrected chi connectivity index (χ2v) is 9.79. The number of rotatable bonds is 8. The number of amides is 1. The molecule has 1 atom stereocenters. The van der Waals surface area contributed by atoms with E-state index in [2.05, 4.69) is 9.73 Å². The Balaban J connectivity index is 1.86. The van der Waals surface area contributed by atoms with Gasteiger partial charge in [0.25, 0.3) is 5.91 Å². The number of benzene rings is 3. The number of nitrogens with two attached hydrogens (primary N) is 1. The molecule has 3 aromatic carbocycles. The van der Waals surface area contributed by atoms with E-state index in [0.29, 0.717) is 28.0 Å². The van der Waals surface area contributed by atoms with Crippen molar-refractivity contribution in [2.75, 3.05) is 20.4 Å². The van der Waals surface area contributed by atoms with Crippen LogP contribution in [0.15, 0.2) is 71.7 Å². The van der Waals surface area contributed by atoms with Gasteiger partial charge in [-0.2, -0.15) is 17.2 Å². The van der Waals surface area contributed by atoms with Crippen LogP contribution in [-0.2, 0) is 20.5 Å². The summed E-state index contributed by atoms with van der Waals surface area (Å²) in [6.45, 7) is -3.00. The monoisotopic (exact) mass is 531 g/mol. The van der Waals surface area contributed by atoms with E-state index < -0.39 is 28.2 Å². The van der Waals surface area contributed by atoms with Gasteiger partial charge in [0.2, 0.25) is 0 Å². The van der Waals surface area contributed by atoms with Gasteiger partial charge in [0.05, 0.1) is 13.4 Å². The van der Waals surface area contributed by atoms with Crippen LogP contribution in [0.3, 0.4) is 0 Å². The molecule has 194 valence electrons. The molecule has 1 aliphatic rings. The summed E-state index contributed by atoms with van der Waals surface area (Å²) < 4.78 is 63.4. The normalized spacial score (nSPS) is 17.6. The first-order valence-corrected chi connectivity index (χ1v) is 12.6. The highest BCUT2D eigenvalue weighted by Gasteiger charge is 2.49. The smallest absolute Gasteiger partial charge is 0.387 e. The van der Waals surface area contributed by atoms with Crippen LogP contribution in [0.4, 0.5) is 8.78 Å². The predicted molar refractivity (Wildman–Crippen MR) is 132 cm³/mol. The Bertz CT molecular complexity index is 1480. The number of halogens is 2. The molecule has 0 saturated heterocycles. The number of alkyl halides is 2. The molecule has 0 saturated carbocycles. The molecule has 2 N–H and O–H groups in total. The highest BCUT2D eigenvalue weighted by atomic mass is 32.2. The first-order valence-electron chi connectivity index (χ1n) is 10.8. The van der Waals surface area contributed by atoms with Crippen molar-refractivity contribution in [2.24, 2.45) is 10.7 Å². The Kier molecular flexibility index (Phi) is 6.78. The molecule has 0 aromatic heterocycles. The molecular weight excluding hydrogens is 508 g/mol. The van der Waals surface area contributed by atoms with Crippen LogP contribution in [0.2, 0.25) is 0 Å². The van der Waals surface area contributed by atoms with Crippen molar-refractivity contribution in [2.45, 2.75) is 12.2 Å². The van der Waals surface area contributed by atoms with Crippen LogP contribution >= 0.6 is 0 Å². The van der Waals surface area contributed by atoms with Crippen LogP contribution in [-0.4, -0.2) is 52.2 Å². The fraction of sp³-hybridized carbons (Fsp3) is 0.200. The van der Waals surface area contributed by atoms with E-state index >= 15 is 0 Å². The van der Waals surface area contributed by atoms with Crippen molar-refractivity contribution in [3.05, 3.63) is 77.9 Å². The number of ether oxygens (including phenoxy) is 2. The van der Waals surface area contributed by atoms with Crippen LogP contribution in [0.1, 0.15) is 11.1 Å². The quantitative estimate of drug-likeness (QED) is 0.443. The maximum atomic E-state index is 13.5. The van der Waals surface area contributed by atoms with Crippen molar-refractivity contribution in [1.82, 2.24) is 4.90 Å². The van der Waals surface area contributed by atoms with Crippen molar-refractivity contribution in [3.63, 3.8) is 0 Å². The van der Waals surface area contributed by atoms with E-state index in [0.717, 1.165) is 6.26 Å². The van der Waals surface area contributed by atoms with Gasteiger partial charge in [-0.15, -0.1) is 0 Å². The molecule has 0 bridgehead atoms. The number of nitrogens with zero attached hydrogens (tertiary/aromatic N) is 2. The number of hydrogen-bond acceptors (Lipinski definition) is 8. The molecule has 1 aliphatic heterocycles. The molecule has 1 heterocycles. The van der Waals surface area contributed by atoms with Gasteiger partial charge in [0.15, 0.2) is 11.5 Å². The Morgan fingerprint density at radius 3 is 2.19 bits per heavy atom. The molecule has 37 heavy (non-hydrogen) atoms. The lowest BCUT2D eigenvalue weighted by Gasteiger charge is -2.26. The van der Waals surface area contributed by atoms with Crippen molar-refractivity contribution in [1.29, 1.82) is 0 Å². The predicted octanol–water partition coefficient (Wildman–Crippen LogP) is 3.33. The lowest BCUT2D eigenvalue weighted by molar-refractivity contribution is -0.129. The molecule has 1 amide bonds. The van der Waals surface area contributed by atoms with Crippen molar-refractivity contribution in [3.8, 4) is 28.4 Å². The molecule has 1 unspecified atom stereocenters. The summed E-state index contributed by atoms with van der Waals surface area (Å²) >= 11 is 0. The summed E-state index contributed by atoms with van der Waals surface area (Å²) in [5, 5.41) is 0. The molecule has 0 aliphatic carbocycles. The number of carbonyl (C=O) groups excluding carboxylic acids is 1. The third kappa shape index (κ3) is 5.19. The third-order valence-corrected chi connectivity index (χ3v) is 6.21. The van der Waals surface area contributed by atoms with Gasteiger partial charge in [-0.05, 0) is 52.6 Å². The Hall–Kier alpha value is -4.19. The van der Waals surface area contributed by atoms with E-state index in [4.69, 9.17) is 14.7 Å². The van der Waals surface area contributed by atoms with Gasteiger partial charge < -0.3 is 19.4 Å². The van der Waals surface area contributed by atoms with Gasteiger partial charge >= 0.3 is 16.7 Å². The molecule has 0 fully saturated rings. The SMILES string of the molecule is COc1cc(OS(C)(=O)=O)cc(-c2cccc(C3(c4ccc(OC(F)F)cc4)N=C(N)N(C)C3=O)c2)c1. The standard InChI is InChI=1S/C25H23F2N3O6S/c1-30-22(31)25(29-24(30)28,17-7-9-19(10-8-17)35-23(26)27)18-6-4-5-15(11-18)16-12-20(34-2)14-21(13-16)36-37(3,32)33/h4-14,23H,1-3H3,(H2,28,29). The largest absolute Gasteiger partial charge is 0.497 e. The zero-order chi connectivity index (χ0) is 27.0. The summed E-state index contributed by atoms with van der Waals surface area (Å²) in [6, 6.07) is 17.1. The number of methoxy groups -OCH3 is 1. The van der Waals surface area contributed by atoms with Gasteiger partial charge in [-0.1, -0.05) is 30.3 Å². The molecule has 3 aromatic rings. The second-order valence-electron chi connectivity index (χ2n) is 8.21. The number of likely N-dealkylation sites (N-methyl/N-ethyl adjacent to an activating group) is 1. The third-order valence-electron chi connectivity index (χ3n) is 5.71. The molecule has 0 radical (unpaired) electrons. The average Bonchev–Trinajstić information content (AvgIpc) is 3.07. The van der Waals surface area contributed by atoms with Crippen LogP contribution in [0.25, 0.3) is 11.1 Å². The summed E-state index contributed by atoms with van der Waals surface area (Å²) in [6.07, 6.45) is 0.929. The van der Waals surface area contributed by atoms with E-state index in [1.165, 1.54) is 55.5 Å². The van der Waals surface area contributed by atoms with E-state index in [9.17, 15) is 22.0 Å². The Labute approximate surface area is 212 Å². The highest BCUT2D eigenvalue weighted by molar-refractivity contribution is 7.86. The molecule has 12 heteroatoms. The lowest BCUT2D eigenvalue weighted by Crippen LogP contribution is -2.41.